The van der Waals surface area contributed by atoms with Crippen molar-refractivity contribution in [1.29, 1.82) is 0 Å². The molecule has 1 saturated heterocycles. The Balaban J connectivity index is 2.05. The topological polar surface area (TPSA) is 72.2 Å². The molecule has 0 spiro atoms. The average Bonchev–Trinajstić information content (AvgIpc) is 2.34. The van der Waals surface area contributed by atoms with E-state index in [1.807, 2.05) is 0 Å². The number of nitrogens with one attached hydrogen (secondary N) is 1. The lowest BCUT2D eigenvalue weighted by Gasteiger charge is -2.23. The Labute approximate surface area is 106 Å². The van der Waals surface area contributed by atoms with Gasteiger partial charge >= 0.3 is 0 Å². The number of hydrogen-bond acceptors (Lipinski definition) is 4. The third kappa shape index (κ3) is 3.04. The first kappa shape index (κ1) is 12.9. The van der Waals surface area contributed by atoms with Gasteiger partial charge in [-0.05, 0) is 18.9 Å². The third-order valence-corrected chi connectivity index (χ3v) is 4.29. The van der Waals surface area contributed by atoms with Crippen LogP contribution in [0, 0.1) is 15.9 Å². The number of anilines is 1. The number of halogens is 1. The minimum Gasteiger partial charge on any atom is -0.380 e. The molecule has 1 N–H and O–H groups in total. The summed E-state index contributed by atoms with van der Waals surface area (Å²) in [7, 11) is -0.757. The molecule has 0 radical (unpaired) electrons. The van der Waals surface area contributed by atoms with Gasteiger partial charge < -0.3 is 5.32 Å². The Morgan fingerprint density at radius 1 is 1.39 bits per heavy atom. The van der Waals surface area contributed by atoms with Crippen molar-refractivity contribution in [1.82, 2.24) is 0 Å². The summed E-state index contributed by atoms with van der Waals surface area (Å²) in [4.78, 5) is 9.85. The highest BCUT2D eigenvalue weighted by Gasteiger charge is 2.19. The highest BCUT2D eigenvalue weighted by Crippen LogP contribution is 2.23. The first-order chi connectivity index (χ1) is 8.56. The number of hydrogen-bond donors (Lipinski definition) is 1. The fourth-order valence-corrected chi connectivity index (χ4v) is 3.19. The van der Waals surface area contributed by atoms with Crippen LogP contribution in [-0.2, 0) is 10.8 Å². The Morgan fingerprint density at radius 3 is 2.61 bits per heavy atom. The summed E-state index contributed by atoms with van der Waals surface area (Å²) in [5, 5.41) is 13.5. The number of nitrogens with zero attached hydrogens (tertiary/aromatic N) is 1. The van der Waals surface area contributed by atoms with E-state index in [1.165, 1.54) is 12.1 Å². The maximum absolute atomic E-state index is 13.6. The van der Waals surface area contributed by atoms with E-state index in [-0.39, 0.29) is 17.4 Å². The van der Waals surface area contributed by atoms with Gasteiger partial charge in [0.25, 0.3) is 5.69 Å². The Kier molecular flexibility index (Phi) is 3.90. The Bertz CT molecular complexity index is 485. The van der Waals surface area contributed by atoms with Gasteiger partial charge in [0, 0.05) is 34.4 Å². The maximum Gasteiger partial charge on any atom is 0.272 e. The summed E-state index contributed by atoms with van der Waals surface area (Å²) in [6, 6.07) is 3.63. The van der Waals surface area contributed by atoms with Crippen molar-refractivity contribution in [2.24, 2.45) is 0 Å². The smallest absolute Gasteiger partial charge is 0.272 e. The summed E-state index contributed by atoms with van der Waals surface area (Å²) in [5.41, 5.74) is 0.00100. The molecular weight excluding hydrogens is 259 g/mol. The molecule has 1 aliphatic rings. The minimum absolute atomic E-state index is 0.0821. The molecule has 98 valence electrons. The van der Waals surface area contributed by atoms with Crippen LogP contribution in [0.5, 0.6) is 0 Å². The van der Waals surface area contributed by atoms with Crippen molar-refractivity contribution in [3.8, 4) is 0 Å². The molecule has 2 rings (SSSR count). The molecule has 1 aliphatic heterocycles. The van der Waals surface area contributed by atoms with Crippen molar-refractivity contribution < 1.29 is 13.5 Å². The second kappa shape index (κ2) is 5.43. The summed E-state index contributed by atoms with van der Waals surface area (Å²) in [6.07, 6.45) is 1.45. The largest absolute Gasteiger partial charge is 0.380 e. The van der Waals surface area contributed by atoms with Crippen LogP contribution in [0.15, 0.2) is 18.2 Å². The van der Waals surface area contributed by atoms with Crippen molar-refractivity contribution >= 4 is 22.2 Å². The molecule has 0 unspecified atom stereocenters. The van der Waals surface area contributed by atoms with E-state index in [4.69, 9.17) is 0 Å². The van der Waals surface area contributed by atoms with Gasteiger partial charge in [0.1, 0.15) is 0 Å². The lowest BCUT2D eigenvalue weighted by Crippen LogP contribution is -2.29. The normalized spacial score (nSPS) is 23.6. The van der Waals surface area contributed by atoms with E-state index in [9.17, 15) is 18.7 Å². The van der Waals surface area contributed by atoms with Crippen LogP contribution >= 0.6 is 0 Å². The van der Waals surface area contributed by atoms with Crippen LogP contribution in [0.1, 0.15) is 12.8 Å². The zero-order valence-electron chi connectivity index (χ0n) is 9.60. The molecule has 7 heteroatoms. The molecule has 18 heavy (non-hydrogen) atoms. The van der Waals surface area contributed by atoms with Gasteiger partial charge in [0.15, 0.2) is 5.82 Å². The molecule has 0 bridgehead atoms. The molecule has 1 heterocycles. The molecule has 0 aliphatic carbocycles. The standard InChI is InChI=1S/C11H13FN2O3S/c12-10-7-9(14(15)16)1-2-11(10)13-8-3-5-18(17)6-4-8/h1-2,7-8,13H,3-6H2. The van der Waals surface area contributed by atoms with Crippen LogP contribution in [0.3, 0.4) is 0 Å². The van der Waals surface area contributed by atoms with Gasteiger partial charge in [0.2, 0.25) is 0 Å². The van der Waals surface area contributed by atoms with Crippen LogP contribution < -0.4 is 5.32 Å². The van der Waals surface area contributed by atoms with Crippen LogP contribution in [0.25, 0.3) is 0 Å². The van der Waals surface area contributed by atoms with E-state index in [2.05, 4.69) is 5.32 Å². The summed E-state index contributed by atoms with van der Waals surface area (Å²) in [6.45, 7) is 0. The summed E-state index contributed by atoms with van der Waals surface area (Å²) >= 11 is 0. The molecule has 1 aromatic carbocycles. The molecule has 0 aromatic heterocycles. The first-order valence-corrected chi connectivity index (χ1v) is 7.10. The van der Waals surface area contributed by atoms with E-state index < -0.39 is 21.5 Å². The Morgan fingerprint density at radius 2 is 2.06 bits per heavy atom. The van der Waals surface area contributed by atoms with Crippen LogP contribution in [-0.4, -0.2) is 26.7 Å². The molecule has 5 nitrogen and oxygen atoms in total. The number of nitro benzene ring substituents is 1. The fourth-order valence-electron chi connectivity index (χ4n) is 1.89. The molecular formula is C11H13FN2O3S. The fraction of sp³-hybridized carbons (Fsp3) is 0.455. The quantitative estimate of drug-likeness (QED) is 0.675. The van der Waals surface area contributed by atoms with Crippen molar-refractivity contribution in [2.75, 3.05) is 16.8 Å². The second-order valence-electron chi connectivity index (χ2n) is 4.19. The predicted molar refractivity (Wildman–Crippen MR) is 67.6 cm³/mol. The van der Waals surface area contributed by atoms with Crippen LogP contribution in [0.2, 0.25) is 0 Å². The van der Waals surface area contributed by atoms with Gasteiger partial charge in [-0.3, -0.25) is 14.3 Å². The first-order valence-electron chi connectivity index (χ1n) is 5.61. The van der Waals surface area contributed by atoms with Crippen molar-refractivity contribution in [2.45, 2.75) is 18.9 Å². The number of non-ortho nitro benzene ring substituents is 1. The van der Waals surface area contributed by atoms with Crippen molar-refractivity contribution in [3.63, 3.8) is 0 Å². The highest BCUT2D eigenvalue weighted by molar-refractivity contribution is 7.85. The molecule has 0 amide bonds. The molecule has 1 aromatic rings. The van der Waals surface area contributed by atoms with Crippen molar-refractivity contribution in [3.05, 3.63) is 34.1 Å². The number of nitro groups is 1. The molecule has 0 atom stereocenters. The highest BCUT2D eigenvalue weighted by atomic mass is 32.2. The minimum atomic E-state index is -0.757. The average molecular weight is 272 g/mol. The van der Waals surface area contributed by atoms with Gasteiger partial charge in [-0.15, -0.1) is 0 Å². The maximum atomic E-state index is 13.6. The SMILES string of the molecule is O=[N+]([O-])c1ccc(NC2CCS(=O)CC2)c(F)c1. The van der Waals surface area contributed by atoms with E-state index in [0.29, 0.717) is 11.5 Å². The third-order valence-electron chi connectivity index (χ3n) is 2.91. The number of benzene rings is 1. The Hall–Kier alpha value is -1.50. The summed E-state index contributed by atoms with van der Waals surface area (Å²) in [5.74, 6) is 0.606. The van der Waals surface area contributed by atoms with E-state index in [1.54, 1.807) is 0 Å². The van der Waals surface area contributed by atoms with Gasteiger partial charge in [-0.1, -0.05) is 0 Å². The predicted octanol–water partition coefficient (Wildman–Crippen LogP) is 2.06. The van der Waals surface area contributed by atoms with E-state index >= 15 is 0 Å². The van der Waals surface area contributed by atoms with Gasteiger partial charge in [-0.2, -0.15) is 0 Å². The monoisotopic (exact) mass is 272 g/mol. The van der Waals surface area contributed by atoms with Gasteiger partial charge in [-0.25, -0.2) is 4.39 Å². The van der Waals surface area contributed by atoms with E-state index in [0.717, 1.165) is 18.9 Å². The molecule has 0 saturated carbocycles. The lowest BCUT2D eigenvalue weighted by atomic mass is 10.1. The zero-order valence-corrected chi connectivity index (χ0v) is 10.4. The zero-order chi connectivity index (χ0) is 13.1. The molecule has 1 fully saturated rings. The van der Waals surface area contributed by atoms with Gasteiger partial charge in [0.05, 0.1) is 16.7 Å². The van der Waals surface area contributed by atoms with Crippen LogP contribution in [0.4, 0.5) is 15.8 Å². The lowest BCUT2D eigenvalue weighted by molar-refractivity contribution is -0.385. The number of rotatable bonds is 3. The summed E-state index contributed by atoms with van der Waals surface area (Å²) < 4.78 is 24.8. The second-order valence-corrected chi connectivity index (χ2v) is 5.88.